The summed E-state index contributed by atoms with van der Waals surface area (Å²) in [5.74, 6) is -0.243. The first-order valence-electron chi connectivity index (χ1n) is 16.5. The average molecular weight is 709 g/mol. The van der Waals surface area contributed by atoms with Crippen molar-refractivity contribution in [2.45, 2.75) is 74.8 Å². The van der Waals surface area contributed by atoms with E-state index >= 15 is 0 Å². The molecule has 2 N–H and O–H groups in total. The van der Waals surface area contributed by atoms with Crippen LogP contribution in [0.15, 0.2) is 41.4 Å². The van der Waals surface area contributed by atoms with Crippen molar-refractivity contribution in [1.29, 1.82) is 5.26 Å². The summed E-state index contributed by atoms with van der Waals surface area (Å²) in [6.07, 6.45) is 0.331. The molecule has 0 spiro atoms. The number of methoxy groups -OCH3 is 1. The van der Waals surface area contributed by atoms with E-state index in [1.165, 1.54) is 31.9 Å². The van der Waals surface area contributed by atoms with Crippen molar-refractivity contribution in [2.75, 3.05) is 39.9 Å². The van der Waals surface area contributed by atoms with Gasteiger partial charge in [0.05, 0.1) is 25.3 Å². The summed E-state index contributed by atoms with van der Waals surface area (Å²) in [4.78, 5) is 43.3. The number of esters is 2. The minimum absolute atomic E-state index is 0.0340. The van der Waals surface area contributed by atoms with Crippen molar-refractivity contribution in [2.24, 2.45) is 5.92 Å². The second-order valence-electron chi connectivity index (χ2n) is 13.3. The number of fused-ring (bicyclic) bond motifs is 10. The first-order valence-corrected chi connectivity index (χ1v) is 17.6. The molecule has 7 aliphatic rings. The van der Waals surface area contributed by atoms with Gasteiger partial charge in [0.1, 0.15) is 31.4 Å². The number of piperidine rings is 1. The molecule has 1 amide bonds. The zero-order chi connectivity index (χ0) is 35.6. The van der Waals surface area contributed by atoms with E-state index in [-0.39, 0.29) is 37.6 Å². The van der Waals surface area contributed by atoms with Gasteiger partial charge in [0.15, 0.2) is 23.0 Å². The predicted octanol–water partition coefficient (Wildman–Crippen LogP) is 2.60. The maximum absolute atomic E-state index is 13.6. The van der Waals surface area contributed by atoms with Gasteiger partial charge in [-0.3, -0.25) is 14.6 Å². The molecule has 6 aliphatic heterocycles. The number of amides is 1. The Morgan fingerprint density at radius 1 is 1.26 bits per heavy atom. The van der Waals surface area contributed by atoms with Gasteiger partial charge in [0.2, 0.25) is 6.79 Å². The Kier molecular flexibility index (Phi) is 8.90. The molecule has 266 valence electrons. The number of piperazine rings is 1. The van der Waals surface area contributed by atoms with Gasteiger partial charge in [-0.25, -0.2) is 9.59 Å². The molecule has 9 atom stereocenters. The summed E-state index contributed by atoms with van der Waals surface area (Å²) in [6.45, 7) is 8.36. The molecule has 15 heteroatoms. The summed E-state index contributed by atoms with van der Waals surface area (Å²) in [6, 6.07) is 0.901. The summed E-state index contributed by atoms with van der Waals surface area (Å²) in [5.41, 5.74) is 3.81. The lowest BCUT2D eigenvalue weighted by Crippen LogP contribution is -2.75. The Morgan fingerprint density at radius 3 is 2.72 bits per heavy atom. The Balaban J connectivity index is 1.45. The minimum Gasteiger partial charge on any atom is -0.504 e. The van der Waals surface area contributed by atoms with Crippen molar-refractivity contribution < 1.29 is 47.9 Å². The number of hydrogen-bond donors (Lipinski definition) is 2. The number of thioether (sulfide) groups is 1. The normalized spacial score (nSPS) is 32.9. The molecule has 4 bridgehead atoms. The third-order valence-corrected chi connectivity index (χ3v) is 12.2. The number of likely N-dealkylation sites (N-methyl/N-ethyl adjacent to an activating group) is 1. The highest BCUT2D eigenvalue weighted by atomic mass is 32.2. The summed E-state index contributed by atoms with van der Waals surface area (Å²) >= 11 is 1.40. The van der Waals surface area contributed by atoms with E-state index in [0.29, 0.717) is 34.8 Å². The van der Waals surface area contributed by atoms with E-state index in [4.69, 9.17) is 28.4 Å². The van der Waals surface area contributed by atoms with Crippen LogP contribution in [0, 0.1) is 24.2 Å². The number of nitriles is 1. The van der Waals surface area contributed by atoms with Crippen LogP contribution in [-0.4, -0.2) is 114 Å². The highest BCUT2D eigenvalue weighted by molar-refractivity contribution is 8.00. The Morgan fingerprint density at radius 2 is 2.02 bits per heavy atom. The van der Waals surface area contributed by atoms with Crippen LogP contribution in [0.5, 0.6) is 11.5 Å². The summed E-state index contributed by atoms with van der Waals surface area (Å²) < 4.78 is 35.0. The zero-order valence-corrected chi connectivity index (χ0v) is 29.3. The zero-order valence-electron chi connectivity index (χ0n) is 28.5. The molecule has 14 nitrogen and oxygen atoms in total. The third kappa shape index (κ3) is 5.18. The number of hydrogen-bond acceptors (Lipinski definition) is 14. The van der Waals surface area contributed by atoms with Crippen molar-refractivity contribution >= 4 is 29.8 Å². The van der Waals surface area contributed by atoms with E-state index < -0.39 is 65.5 Å². The van der Waals surface area contributed by atoms with Crippen molar-refractivity contribution in [3.8, 4) is 17.6 Å². The van der Waals surface area contributed by atoms with Gasteiger partial charge < -0.3 is 38.8 Å². The molecule has 1 aromatic rings. The fourth-order valence-electron chi connectivity index (χ4n) is 8.87. The van der Waals surface area contributed by atoms with Crippen LogP contribution in [-0.2, 0) is 39.7 Å². The molecule has 0 saturated carbocycles. The third-order valence-electron chi connectivity index (χ3n) is 10.7. The fraction of sp³-hybridized carbons (Fsp3) is 0.543. The van der Waals surface area contributed by atoms with Gasteiger partial charge in [-0.1, -0.05) is 18.7 Å². The van der Waals surface area contributed by atoms with Gasteiger partial charge >= 0.3 is 18.0 Å². The lowest BCUT2D eigenvalue weighted by molar-refractivity contribution is -0.154. The number of phenolic OH excluding ortho intramolecular Hbond substituents is 1. The second-order valence-corrected chi connectivity index (χ2v) is 14.5. The Hall–Kier alpha value is -4.39. The van der Waals surface area contributed by atoms with Crippen LogP contribution in [0.1, 0.15) is 36.6 Å². The molecule has 0 aromatic heterocycles. The monoisotopic (exact) mass is 708 g/mol. The molecule has 5 fully saturated rings. The molecule has 5 saturated heterocycles. The molecule has 8 rings (SSSR count). The minimum atomic E-state index is -1.08. The molecule has 1 aliphatic carbocycles. The molecule has 1 aromatic carbocycles. The average Bonchev–Trinajstić information content (AvgIpc) is 3.57. The number of carbonyl (C=O) groups excluding carboxylic acids is 3. The van der Waals surface area contributed by atoms with E-state index in [9.17, 15) is 24.8 Å². The van der Waals surface area contributed by atoms with Crippen LogP contribution in [0.4, 0.5) is 4.79 Å². The highest BCUT2D eigenvalue weighted by Gasteiger charge is 2.64. The first-order chi connectivity index (χ1) is 24.0. The number of rotatable bonds is 5. The van der Waals surface area contributed by atoms with Crippen LogP contribution in [0.2, 0.25) is 0 Å². The van der Waals surface area contributed by atoms with Crippen LogP contribution < -0.4 is 10.1 Å². The number of carbonyl (C=O) groups is 3. The van der Waals surface area contributed by atoms with Crippen LogP contribution in [0.25, 0.3) is 0 Å². The van der Waals surface area contributed by atoms with Crippen LogP contribution in [0.3, 0.4) is 0 Å². The van der Waals surface area contributed by atoms with Gasteiger partial charge in [-0.05, 0) is 38.4 Å². The topological polar surface area (TPSA) is 169 Å². The fourth-order valence-corrected chi connectivity index (χ4v) is 10.5. The largest absolute Gasteiger partial charge is 0.504 e. The van der Waals surface area contributed by atoms with Crippen molar-refractivity contribution in [3.63, 3.8) is 0 Å². The number of ether oxygens (including phenoxy) is 6. The lowest BCUT2D eigenvalue weighted by Gasteiger charge is -2.64. The molecule has 5 unspecified atom stereocenters. The van der Waals surface area contributed by atoms with E-state index in [2.05, 4.69) is 27.8 Å². The lowest BCUT2D eigenvalue weighted by atomic mass is 9.66. The maximum Gasteiger partial charge on any atom is 0.408 e. The molecule has 6 heterocycles. The Bertz CT molecular complexity index is 1750. The number of nitrogens with one attached hydrogen (secondary N) is 1. The number of benzene rings is 1. The quantitative estimate of drug-likeness (QED) is 0.260. The first kappa shape index (κ1) is 34.1. The van der Waals surface area contributed by atoms with Crippen LogP contribution >= 0.6 is 11.8 Å². The SMILES string of the molecule is C=CCOC(=O)NC1CS[C@@H]2C3C(=C4OCOC4=C(C)C3OC(C)=O)[C@@H](COC1=O)N1C(C#N)[C@@H]3Cc4cc(C)c(OC)c(O)c4[C@@H](C21)N3C. The summed E-state index contributed by atoms with van der Waals surface area (Å²) in [5, 5.41) is 25.0. The standard InChI is InChI=1S/C35H40N4O10S/c1-7-8-45-35(43)37-19-13-50-33-25-24(32-31(47-14-48-32)16(3)30(25)49-17(4)40)22(12-46-34(19)42)39-21(11-36)20-10-18-9-15(2)29(44-6)28(41)23(18)26(27(33)39)38(20)5/h7,9,19-22,25-27,30,33,41H,1,8,10,12-14H2,2-6H3,(H,37,43)/t19?,20-,21?,22+,25?,26-,27?,30?,33+/m0/s1. The van der Waals surface area contributed by atoms with Gasteiger partial charge in [-0.2, -0.15) is 17.0 Å². The summed E-state index contributed by atoms with van der Waals surface area (Å²) in [7, 11) is 3.48. The Labute approximate surface area is 293 Å². The maximum atomic E-state index is 13.6. The van der Waals surface area contributed by atoms with Crippen molar-refractivity contribution in [3.05, 3.63) is 58.1 Å². The molecule has 0 radical (unpaired) electrons. The molecular formula is C35H40N4O10S. The predicted molar refractivity (Wildman–Crippen MR) is 178 cm³/mol. The van der Waals surface area contributed by atoms with Gasteiger partial charge in [0.25, 0.3) is 0 Å². The van der Waals surface area contributed by atoms with E-state index in [0.717, 1.165) is 16.7 Å². The van der Waals surface area contributed by atoms with Gasteiger partial charge in [0, 0.05) is 52.6 Å². The number of aryl methyl sites for hydroxylation is 1. The van der Waals surface area contributed by atoms with E-state index in [1.54, 1.807) is 0 Å². The smallest absolute Gasteiger partial charge is 0.408 e. The molecular weight excluding hydrogens is 668 g/mol. The molecule has 50 heavy (non-hydrogen) atoms. The van der Waals surface area contributed by atoms with E-state index in [1.807, 2.05) is 27.0 Å². The number of phenols is 1. The second kappa shape index (κ2) is 13.1. The van der Waals surface area contributed by atoms with Gasteiger partial charge in [-0.15, -0.1) is 0 Å². The number of nitrogens with zero attached hydrogens (tertiary/aromatic N) is 3. The highest BCUT2D eigenvalue weighted by Crippen LogP contribution is 2.59. The number of aromatic hydroxyl groups is 1. The number of alkyl carbamates (subject to hydrolysis) is 1. The van der Waals surface area contributed by atoms with Crippen molar-refractivity contribution in [1.82, 2.24) is 15.1 Å².